The molecule has 4 heteroatoms. The largest absolute Gasteiger partial charge is 0.494 e. The zero-order valence-corrected chi connectivity index (χ0v) is 11.9. The van der Waals surface area contributed by atoms with E-state index >= 15 is 0 Å². The van der Waals surface area contributed by atoms with Crippen LogP contribution in [0.25, 0.3) is 0 Å². The average Bonchev–Trinajstić information content (AvgIpc) is 2.53. The van der Waals surface area contributed by atoms with E-state index in [-0.39, 0.29) is 5.78 Å². The molecule has 0 heterocycles. The van der Waals surface area contributed by atoms with Gasteiger partial charge in [0, 0.05) is 25.3 Å². The van der Waals surface area contributed by atoms with Gasteiger partial charge in [0.2, 0.25) is 0 Å². The van der Waals surface area contributed by atoms with Crippen LogP contribution in [0.5, 0.6) is 5.75 Å². The first-order valence-corrected chi connectivity index (χ1v) is 6.38. The summed E-state index contributed by atoms with van der Waals surface area (Å²) in [5, 5.41) is 6.06. The number of hydrogen-bond acceptors (Lipinski definition) is 4. The predicted octanol–water partition coefficient (Wildman–Crippen LogP) is 3.01. The third-order valence-electron chi connectivity index (χ3n) is 3.15. The van der Waals surface area contributed by atoms with E-state index in [1.807, 2.05) is 37.4 Å². The predicted molar refractivity (Wildman–Crippen MR) is 82.0 cm³/mol. The SMILES string of the molecule is CNc1cccc(C(=O)c2cccc(NC)c2OC)c1. The molecule has 0 bridgehead atoms. The van der Waals surface area contributed by atoms with Crippen molar-refractivity contribution in [1.82, 2.24) is 0 Å². The molecule has 2 N–H and O–H groups in total. The van der Waals surface area contributed by atoms with Gasteiger partial charge in [0.15, 0.2) is 11.5 Å². The van der Waals surface area contributed by atoms with Gasteiger partial charge >= 0.3 is 0 Å². The summed E-state index contributed by atoms with van der Waals surface area (Å²) < 4.78 is 5.37. The maximum atomic E-state index is 12.6. The van der Waals surface area contributed by atoms with Gasteiger partial charge in [-0.1, -0.05) is 18.2 Å². The normalized spacial score (nSPS) is 9.95. The summed E-state index contributed by atoms with van der Waals surface area (Å²) in [6.07, 6.45) is 0. The molecule has 0 aliphatic rings. The Kier molecular flexibility index (Phi) is 4.25. The van der Waals surface area contributed by atoms with Crippen molar-refractivity contribution in [2.75, 3.05) is 31.8 Å². The van der Waals surface area contributed by atoms with Gasteiger partial charge < -0.3 is 15.4 Å². The Bertz CT molecular complexity index is 624. The monoisotopic (exact) mass is 270 g/mol. The molecule has 2 aromatic rings. The number of carbonyl (C=O) groups excluding carboxylic acids is 1. The molecule has 0 radical (unpaired) electrons. The minimum absolute atomic E-state index is 0.0592. The van der Waals surface area contributed by atoms with E-state index in [4.69, 9.17) is 4.74 Å². The molecule has 20 heavy (non-hydrogen) atoms. The highest BCUT2D eigenvalue weighted by atomic mass is 16.5. The first-order chi connectivity index (χ1) is 9.71. The van der Waals surface area contributed by atoms with Crippen LogP contribution in [0.15, 0.2) is 42.5 Å². The summed E-state index contributed by atoms with van der Waals surface area (Å²) in [5.41, 5.74) is 2.87. The van der Waals surface area contributed by atoms with E-state index < -0.39 is 0 Å². The Hall–Kier alpha value is -2.49. The number of para-hydroxylation sites is 1. The zero-order chi connectivity index (χ0) is 14.5. The molecule has 0 aliphatic carbocycles. The van der Waals surface area contributed by atoms with Crippen LogP contribution in [-0.4, -0.2) is 27.0 Å². The molecule has 0 fully saturated rings. The van der Waals surface area contributed by atoms with Crippen LogP contribution in [0, 0.1) is 0 Å². The Morgan fingerprint density at radius 3 is 2.45 bits per heavy atom. The van der Waals surface area contributed by atoms with Crippen molar-refractivity contribution in [3.05, 3.63) is 53.6 Å². The van der Waals surface area contributed by atoms with Crippen molar-refractivity contribution in [3.8, 4) is 5.75 Å². The van der Waals surface area contributed by atoms with E-state index in [0.717, 1.165) is 11.4 Å². The highest BCUT2D eigenvalue weighted by Gasteiger charge is 2.17. The Morgan fingerprint density at radius 1 is 1.05 bits per heavy atom. The Morgan fingerprint density at radius 2 is 1.80 bits per heavy atom. The van der Waals surface area contributed by atoms with Gasteiger partial charge in [0.1, 0.15) is 0 Å². The lowest BCUT2D eigenvalue weighted by Gasteiger charge is -2.12. The van der Waals surface area contributed by atoms with E-state index in [1.54, 1.807) is 26.3 Å². The maximum absolute atomic E-state index is 12.6. The van der Waals surface area contributed by atoms with Crippen LogP contribution < -0.4 is 15.4 Å². The van der Waals surface area contributed by atoms with Crippen LogP contribution >= 0.6 is 0 Å². The van der Waals surface area contributed by atoms with Crippen LogP contribution in [0.4, 0.5) is 11.4 Å². The summed E-state index contributed by atoms with van der Waals surface area (Å²) in [7, 11) is 5.19. The number of hydrogen-bond donors (Lipinski definition) is 2. The number of nitrogens with one attached hydrogen (secondary N) is 2. The van der Waals surface area contributed by atoms with Crippen LogP contribution in [0.2, 0.25) is 0 Å². The summed E-state index contributed by atoms with van der Waals surface area (Å²) in [5.74, 6) is 0.505. The van der Waals surface area contributed by atoms with Gasteiger partial charge in [-0.25, -0.2) is 0 Å². The molecule has 0 amide bonds. The zero-order valence-electron chi connectivity index (χ0n) is 11.9. The van der Waals surface area contributed by atoms with Crippen LogP contribution in [0.1, 0.15) is 15.9 Å². The van der Waals surface area contributed by atoms with Gasteiger partial charge in [-0.3, -0.25) is 4.79 Å². The number of anilines is 2. The third-order valence-corrected chi connectivity index (χ3v) is 3.15. The van der Waals surface area contributed by atoms with Gasteiger partial charge in [0.05, 0.1) is 18.4 Å². The van der Waals surface area contributed by atoms with Crippen molar-refractivity contribution in [2.45, 2.75) is 0 Å². The lowest BCUT2D eigenvalue weighted by atomic mass is 10.0. The van der Waals surface area contributed by atoms with Gasteiger partial charge in [-0.15, -0.1) is 0 Å². The average molecular weight is 270 g/mol. The highest BCUT2D eigenvalue weighted by molar-refractivity contribution is 6.12. The van der Waals surface area contributed by atoms with Crippen molar-refractivity contribution < 1.29 is 9.53 Å². The lowest BCUT2D eigenvalue weighted by molar-refractivity contribution is 0.103. The fourth-order valence-electron chi connectivity index (χ4n) is 2.10. The number of ether oxygens (including phenoxy) is 1. The topological polar surface area (TPSA) is 50.4 Å². The molecule has 0 aromatic heterocycles. The minimum atomic E-state index is -0.0592. The van der Waals surface area contributed by atoms with Gasteiger partial charge in [-0.2, -0.15) is 0 Å². The van der Waals surface area contributed by atoms with Crippen molar-refractivity contribution in [3.63, 3.8) is 0 Å². The molecular weight excluding hydrogens is 252 g/mol. The first kappa shape index (κ1) is 13.9. The second-order valence-electron chi connectivity index (χ2n) is 4.30. The standard InChI is InChI=1S/C16H18N2O2/c1-17-12-7-4-6-11(10-12)15(19)13-8-5-9-14(18-2)16(13)20-3/h4-10,17-18H,1-3H3. The molecule has 0 unspecified atom stereocenters. The second kappa shape index (κ2) is 6.10. The lowest BCUT2D eigenvalue weighted by Crippen LogP contribution is -2.06. The Labute approximate surface area is 118 Å². The minimum Gasteiger partial charge on any atom is -0.494 e. The summed E-state index contributed by atoms with van der Waals surface area (Å²) >= 11 is 0. The van der Waals surface area contributed by atoms with Crippen molar-refractivity contribution in [2.24, 2.45) is 0 Å². The third kappa shape index (κ3) is 2.59. The molecule has 0 saturated heterocycles. The molecule has 0 aliphatic heterocycles. The Balaban J connectivity index is 2.47. The molecule has 2 rings (SSSR count). The van der Waals surface area contributed by atoms with E-state index in [1.165, 1.54) is 0 Å². The number of rotatable bonds is 5. The van der Waals surface area contributed by atoms with Crippen LogP contribution in [-0.2, 0) is 0 Å². The van der Waals surface area contributed by atoms with E-state index in [2.05, 4.69) is 10.6 Å². The van der Waals surface area contributed by atoms with Gasteiger partial charge in [-0.05, 0) is 24.3 Å². The summed E-state index contributed by atoms with van der Waals surface area (Å²) in [4.78, 5) is 12.6. The summed E-state index contributed by atoms with van der Waals surface area (Å²) in [6, 6.07) is 12.9. The number of benzene rings is 2. The summed E-state index contributed by atoms with van der Waals surface area (Å²) in [6.45, 7) is 0. The van der Waals surface area contributed by atoms with E-state index in [0.29, 0.717) is 16.9 Å². The van der Waals surface area contributed by atoms with Crippen LogP contribution in [0.3, 0.4) is 0 Å². The number of methoxy groups -OCH3 is 1. The molecule has 0 atom stereocenters. The van der Waals surface area contributed by atoms with Crippen molar-refractivity contribution >= 4 is 17.2 Å². The quantitative estimate of drug-likeness (QED) is 0.820. The number of ketones is 1. The highest BCUT2D eigenvalue weighted by Crippen LogP contribution is 2.30. The number of carbonyl (C=O) groups is 1. The molecule has 4 nitrogen and oxygen atoms in total. The molecule has 0 saturated carbocycles. The van der Waals surface area contributed by atoms with Gasteiger partial charge in [0.25, 0.3) is 0 Å². The fraction of sp³-hybridized carbons (Fsp3) is 0.188. The fourth-order valence-corrected chi connectivity index (χ4v) is 2.10. The molecule has 2 aromatic carbocycles. The molecular formula is C16H18N2O2. The first-order valence-electron chi connectivity index (χ1n) is 6.38. The maximum Gasteiger partial charge on any atom is 0.196 e. The second-order valence-corrected chi connectivity index (χ2v) is 4.30. The van der Waals surface area contributed by atoms with E-state index in [9.17, 15) is 4.79 Å². The molecule has 104 valence electrons. The van der Waals surface area contributed by atoms with Crippen molar-refractivity contribution in [1.29, 1.82) is 0 Å². The molecule has 0 spiro atoms. The smallest absolute Gasteiger partial charge is 0.196 e.